The molecule has 0 saturated heterocycles. The molecule has 5 nitrogen and oxygen atoms in total. The van der Waals surface area contributed by atoms with Gasteiger partial charge in [-0.1, -0.05) is 43.3 Å². The van der Waals surface area contributed by atoms with Crippen LogP contribution in [0.3, 0.4) is 0 Å². The van der Waals surface area contributed by atoms with E-state index in [-0.39, 0.29) is 12.5 Å². The van der Waals surface area contributed by atoms with E-state index in [1.54, 1.807) is 0 Å². The van der Waals surface area contributed by atoms with Crippen molar-refractivity contribution in [2.45, 2.75) is 27.2 Å². The zero-order valence-corrected chi connectivity index (χ0v) is 18.4. The van der Waals surface area contributed by atoms with Gasteiger partial charge in [-0.3, -0.25) is 4.79 Å². The first-order valence-electron chi connectivity index (χ1n) is 9.72. The smallest absolute Gasteiger partial charge is 0.341 e. The van der Waals surface area contributed by atoms with E-state index in [4.69, 9.17) is 9.47 Å². The molecule has 0 aliphatic rings. The number of benzene rings is 2. The van der Waals surface area contributed by atoms with Crippen LogP contribution in [-0.4, -0.2) is 25.6 Å². The third-order valence-electron chi connectivity index (χ3n) is 4.81. The monoisotopic (exact) mass is 423 g/mol. The molecule has 3 rings (SSSR count). The molecule has 0 aliphatic carbocycles. The maximum atomic E-state index is 12.5. The predicted molar refractivity (Wildman–Crippen MR) is 121 cm³/mol. The fourth-order valence-electron chi connectivity index (χ4n) is 3.06. The van der Waals surface area contributed by atoms with E-state index in [1.807, 2.05) is 61.7 Å². The molecule has 0 aliphatic heterocycles. The number of hydrogen-bond donors (Lipinski definition) is 1. The van der Waals surface area contributed by atoms with Crippen LogP contribution >= 0.6 is 11.3 Å². The summed E-state index contributed by atoms with van der Waals surface area (Å²) in [7, 11) is 1.33. The normalized spacial score (nSPS) is 10.5. The van der Waals surface area contributed by atoms with E-state index in [9.17, 15) is 9.59 Å². The minimum Gasteiger partial charge on any atom is -0.483 e. The summed E-state index contributed by atoms with van der Waals surface area (Å²) in [6, 6.07) is 13.9. The molecule has 0 bridgehead atoms. The van der Waals surface area contributed by atoms with Gasteiger partial charge in [-0.25, -0.2) is 4.79 Å². The Balaban J connectivity index is 1.79. The molecule has 0 radical (unpaired) electrons. The minimum atomic E-state index is -0.489. The zero-order chi connectivity index (χ0) is 21.7. The summed E-state index contributed by atoms with van der Waals surface area (Å²) < 4.78 is 10.6. The molecule has 6 heteroatoms. The van der Waals surface area contributed by atoms with Gasteiger partial charge in [0.25, 0.3) is 5.91 Å². The highest BCUT2D eigenvalue weighted by Gasteiger charge is 2.22. The third kappa shape index (κ3) is 4.89. The highest BCUT2D eigenvalue weighted by Crippen LogP contribution is 2.36. The van der Waals surface area contributed by atoms with Crippen molar-refractivity contribution in [3.05, 3.63) is 70.1 Å². The van der Waals surface area contributed by atoms with E-state index in [0.717, 1.165) is 28.7 Å². The summed E-state index contributed by atoms with van der Waals surface area (Å²) in [5.41, 5.74) is 5.22. The predicted octanol–water partition coefficient (Wildman–Crippen LogP) is 5.40. The van der Waals surface area contributed by atoms with Gasteiger partial charge in [0.05, 0.1) is 7.11 Å². The Kier molecular flexibility index (Phi) is 6.90. The van der Waals surface area contributed by atoms with Crippen molar-refractivity contribution >= 4 is 28.2 Å². The van der Waals surface area contributed by atoms with Crippen LogP contribution in [0.5, 0.6) is 5.75 Å². The van der Waals surface area contributed by atoms with Crippen LogP contribution in [0.15, 0.2) is 47.8 Å². The van der Waals surface area contributed by atoms with Gasteiger partial charge in [-0.05, 0) is 48.6 Å². The van der Waals surface area contributed by atoms with Crippen molar-refractivity contribution in [3.8, 4) is 16.9 Å². The largest absolute Gasteiger partial charge is 0.483 e. The summed E-state index contributed by atoms with van der Waals surface area (Å²) in [6.45, 7) is 5.84. The summed E-state index contributed by atoms with van der Waals surface area (Å²) >= 11 is 1.29. The average Bonchev–Trinajstić information content (AvgIpc) is 3.17. The Morgan fingerprint density at radius 1 is 1.07 bits per heavy atom. The van der Waals surface area contributed by atoms with Gasteiger partial charge < -0.3 is 14.8 Å². The zero-order valence-electron chi connectivity index (χ0n) is 17.6. The van der Waals surface area contributed by atoms with Gasteiger partial charge >= 0.3 is 5.97 Å². The van der Waals surface area contributed by atoms with E-state index >= 15 is 0 Å². The van der Waals surface area contributed by atoms with Gasteiger partial charge in [0.15, 0.2) is 6.61 Å². The number of amides is 1. The molecule has 0 unspecified atom stereocenters. The number of carbonyl (C=O) groups is 2. The second-order valence-electron chi connectivity index (χ2n) is 7.00. The van der Waals surface area contributed by atoms with Crippen LogP contribution in [0.25, 0.3) is 11.1 Å². The molecule has 1 aromatic heterocycles. The maximum Gasteiger partial charge on any atom is 0.341 e. The minimum absolute atomic E-state index is 0.149. The summed E-state index contributed by atoms with van der Waals surface area (Å²) in [5, 5.41) is 5.10. The number of anilines is 1. The molecular formula is C24H25NO4S. The molecule has 2 aromatic carbocycles. The quantitative estimate of drug-likeness (QED) is 0.517. The Labute approximate surface area is 180 Å². The van der Waals surface area contributed by atoms with Crippen molar-refractivity contribution in [2.75, 3.05) is 19.0 Å². The first-order valence-corrected chi connectivity index (χ1v) is 10.6. The number of hydrogen-bond acceptors (Lipinski definition) is 5. The average molecular weight is 424 g/mol. The second kappa shape index (κ2) is 9.59. The highest BCUT2D eigenvalue weighted by molar-refractivity contribution is 7.15. The SMILES string of the molecule is CCc1ccc(-c2csc(NC(=O)COc3cc(C)ccc3C)c2C(=O)OC)cc1. The molecule has 0 atom stereocenters. The number of rotatable bonds is 7. The lowest BCUT2D eigenvalue weighted by Gasteiger charge is -2.11. The topological polar surface area (TPSA) is 64.6 Å². The molecule has 1 N–H and O–H groups in total. The van der Waals surface area contributed by atoms with Gasteiger partial charge in [0, 0.05) is 10.9 Å². The Morgan fingerprint density at radius 3 is 2.47 bits per heavy atom. The van der Waals surface area contributed by atoms with Gasteiger partial charge in [-0.15, -0.1) is 11.3 Å². The third-order valence-corrected chi connectivity index (χ3v) is 5.70. The molecule has 3 aromatic rings. The van der Waals surface area contributed by atoms with E-state index in [2.05, 4.69) is 12.2 Å². The van der Waals surface area contributed by atoms with Crippen LogP contribution in [0.1, 0.15) is 34.0 Å². The summed E-state index contributed by atoms with van der Waals surface area (Å²) in [5.74, 6) is -0.159. The molecule has 1 heterocycles. The summed E-state index contributed by atoms with van der Waals surface area (Å²) in [4.78, 5) is 25.0. The van der Waals surface area contributed by atoms with Crippen LogP contribution < -0.4 is 10.1 Å². The van der Waals surface area contributed by atoms with Crippen LogP contribution in [0.4, 0.5) is 5.00 Å². The molecule has 1 amide bonds. The van der Waals surface area contributed by atoms with E-state index < -0.39 is 5.97 Å². The molecule has 30 heavy (non-hydrogen) atoms. The van der Waals surface area contributed by atoms with Gasteiger partial charge in [0.2, 0.25) is 0 Å². The second-order valence-corrected chi connectivity index (χ2v) is 7.88. The van der Waals surface area contributed by atoms with Crippen LogP contribution in [-0.2, 0) is 16.0 Å². The lowest BCUT2D eigenvalue weighted by Crippen LogP contribution is -2.21. The van der Waals surface area contributed by atoms with E-state index in [0.29, 0.717) is 16.3 Å². The molecule has 0 spiro atoms. The van der Waals surface area contributed by atoms with E-state index in [1.165, 1.54) is 24.0 Å². The van der Waals surface area contributed by atoms with Crippen molar-refractivity contribution in [2.24, 2.45) is 0 Å². The first-order chi connectivity index (χ1) is 14.4. The number of ether oxygens (including phenoxy) is 2. The van der Waals surface area contributed by atoms with Crippen LogP contribution in [0, 0.1) is 13.8 Å². The molecular weight excluding hydrogens is 398 g/mol. The van der Waals surface area contributed by atoms with Crippen molar-refractivity contribution < 1.29 is 19.1 Å². The Hall–Kier alpha value is -3.12. The van der Waals surface area contributed by atoms with Crippen molar-refractivity contribution in [3.63, 3.8) is 0 Å². The number of esters is 1. The Bertz CT molecular complexity index is 1050. The molecule has 0 fully saturated rings. The highest BCUT2D eigenvalue weighted by atomic mass is 32.1. The van der Waals surface area contributed by atoms with Gasteiger partial charge in [-0.2, -0.15) is 0 Å². The lowest BCUT2D eigenvalue weighted by atomic mass is 10.0. The molecule has 156 valence electrons. The standard InChI is InChI=1S/C24H25NO4S/c1-5-17-8-10-18(11-9-17)19-14-30-23(22(19)24(27)28-4)25-21(26)13-29-20-12-15(2)6-7-16(20)3/h6-12,14H,5,13H2,1-4H3,(H,25,26). The summed E-state index contributed by atoms with van der Waals surface area (Å²) in [6.07, 6.45) is 0.940. The van der Waals surface area contributed by atoms with Crippen molar-refractivity contribution in [1.29, 1.82) is 0 Å². The maximum absolute atomic E-state index is 12.5. The fourth-order valence-corrected chi connectivity index (χ4v) is 4.03. The lowest BCUT2D eigenvalue weighted by molar-refractivity contribution is -0.118. The number of aryl methyl sites for hydroxylation is 3. The molecule has 0 saturated carbocycles. The first kappa shape index (κ1) is 21.6. The number of methoxy groups -OCH3 is 1. The Morgan fingerprint density at radius 2 is 1.80 bits per heavy atom. The number of thiophene rings is 1. The van der Waals surface area contributed by atoms with Gasteiger partial charge in [0.1, 0.15) is 16.3 Å². The van der Waals surface area contributed by atoms with Crippen molar-refractivity contribution in [1.82, 2.24) is 0 Å². The number of nitrogens with one attached hydrogen (secondary N) is 1. The fraction of sp³-hybridized carbons (Fsp3) is 0.250. The van der Waals surface area contributed by atoms with Crippen LogP contribution in [0.2, 0.25) is 0 Å². The number of carbonyl (C=O) groups excluding carboxylic acids is 2.